The fraction of sp³-hybridized carbons (Fsp3) is 0.750. The minimum Gasteiger partial charge on any atom is -0.481 e. The number of amides is 1. The van der Waals surface area contributed by atoms with Gasteiger partial charge in [-0.3, -0.25) is 9.59 Å². The smallest absolute Gasteiger partial charge is 0.305 e. The highest BCUT2D eigenvalue weighted by Crippen LogP contribution is 2.06. The van der Waals surface area contributed by atoms with Crippen LogP contribution in [0.15, 0.2) is 0 Å². The molecule has 5 heteroatoms. The number of carboxylic acid groups (broad SMARTS) is 1. The Morgan fingerprint density at radius 1 is 1.69 bits per heavy atom. The maximum absolute atomic E-state index is 10.4. The fourth-order valence-electron chi connectivity index (χ4n) is 1.19. The molecule has 0 aromatic rings. The summed E-state index contributed by atoms with van der Waals surface area (Å²) in [7, 11) is 1.50. The third-order valence-electron chi connectivity index (χ3n) is 1.83. The van der Waals surface area contributed by atoms with E-state index >= 15 is 0 Å². The Hall–Kier alpha value is -1.10. The van der Waals surface area contributed by atoms with Crippen molar-refractivity contribution in [3.63, 3.8) is 0 Å². The van der Waals surface area contributed by atoms with Gasteiger partial charge in [-0.25, -0.2) is 0 Å². The van der Waals surface area contributed by atoms with E-state index in [9.17, 15) is 9.59 Å². The summed E-state index contributed by atoms with van der Waals surface area (Å²) in [5.41, 5.74) is 0. The van der Waals surface area contributed by atoms with Gasteiger partial charge in [-0.2, -0.15) is 0 Å². The molecule has 0 bridgehead atoms. The van der Waals surface area contributed by atoms with Gasteiger partial charge < -0.3 is 15.2 Å². The zero-order chi connectivity index (χ0) is 10.3. The number of methoxy groups -OCH3 is 1. The molecule has 5 nitrogen and oxygen atoms in total. The van der Waals surface area contributed by atoms with Crippen molar-refractivity contribution in [2.45, 2.75) is 31.9 Å². The minimum atomic E-state index is -0.949. The van der Waals surface area contributed by atoms with Crippen LogP contribution in [-0.4, -0.2) is 36.7 Å². The Morgan fingerprint density at radius 3 is 2.62 bits per heavy atom. The summed E-state index contributed by atoms with van der Waals surface area (Å²) in [5, 5.41) is 11.0. The van der Waals surface area contributed by atoms with Crippen LogP contribution in [0.3, 0.4) is 0 Å². The average molecular weight is 189 g/mol. The lowest BCUT2D eigenvalue weighted by atomic mass is 10.1. The Bertz CT molecular complexity index is 168. The van der Waals surface area contributed by atoms with Crippen LogP contribution in [0.5, 0.6) is 0 Å². The highest BCUT2D eigenvalue weighted by Gasteiger charge is 2.21. The standard InChI is InChI=1S/C8H15NO4/c1-3-7(13-2)6(9-5-10)4-8(11)12/h5-7H,3-4H2,1-2H3,(H,9,10)(H,11,12). The summed E-state index contributed by atoms with van der Waals surface area (Å²) >= 11 is 0. The van der Waals surface area contributed by atoms with Crippen molar-refractivity contribution < 1.29 is 19.4 Å². The number of carboxylic acids is 1. The van der Waals surface area contributed by atoms with Crippen LogP contribution in [0, 0.1) is 0 Å². The molecule has 0 spiro atoms. The molecule has 0 heterocycles. The first-order chi connectivity index (χ1) is 6.15. The number of nitrogens with one attached hydrogen (secondary N) is 1. The molecule has 2 unspecified atom stereocenters. The number of aliphatic carboxylic acids is 1. The van der Waals surface area contributed by atoms with Crippen LogP contribution in [0.4, 0.5) is 0 Å². The van der Waals surface area contributed by atoms with Crippen LogP contribution < -0.4 is 5.32 Å². The van der Waals surface area contributed by atoms with Crippen molar-refractivity contribution in [3.8, 4) is 0 Å². The summed E-state index contributed by atoms with van der Waals surface area (Å²) in [4.78, 5) is 20.6. The monoisotopic (exact) mass is 189 g/mol. The second-order valence-electron chi connectivity index (χ2n) is 2.67. The Morgan fingerprint density at radius 2 is 2.31 bits per heavy atom. The number of hydrogen-bond donors (Lipinski definition) is 2. The summed E-state index contributed by atoms with van der Waals surface area (Å²) in [6.45, 7) is 1.87. The third-order valence-corrected chi connectivity index (χ3v) is 1.83. The molecule has 0 aromatic carbocycles. The van der Waals surface area contributed by atoms with Crippen molar-refractivity contribution in [2.24, 2.45) is 0 Å². The van der Waals surface area contributed by atoms with Crippen LogP contribution in [0.1, 0.15) is 19.8 Å². The summed E-state index contributed by atoms with van der Waals surface area (Å²) in [5.74, 6) is -0.949. The van der Waals surface area contributed by atoms with Crippen LogP contribution in [-0.2, 0) is 14.3 Å². The number of rotatable bonds is 7. The van der Waals surface area contributed by atoms with Crippen LogP contribution in [0.2, 0.25) is 0 Å². The molecule has 0 aromatic heterocycles. The van der Waals surface area contributed by atoms with Crippen molar-refractivity contribution in [1.82, 2.24) is 5.32 Å². The van der Waals surface area contributed by atoms with Crippen molar-refractivity contribution in [2.75, 3.05) is 7.11 Å². The number of hydrogen-bond acceptors (Lipinski definition) is 3. The molecular formula is C8H15NO4. The highest BCUT2D eigenvalue weighted by atomic mass is 16.5. The van der Waals surface area contributed by atoms with Crippen molar-refractivity contribution in [1.29, 1.82) is 0 Å². The highest BCUT2D eigenvalue weighted by molar-refractivity contribution is 5.68. The van der Waals surface area contributed by atoms with E-state index in [1.54, 1.807) is 0 Å². The lowest BCUT2D eigenvalue weighted by Gasteiger charge is -2.22. The molecule has 2 atom stereocenters. The van der Waals surface area contributed by atoms with Gasteiger partial charge in [0.25, 0.3) is 0 Å². The second-order valence-corrected chi connectivity index (χ2v) is 2.67. The Labute approximate surface area is 77.1 Å². The topological polar surface area (TPSA) is 75.6 Å². The molecule has 0 saturated carbocycles. The first-order valence-corrected chi connectivity index (χ1v) is 4.10. The molecule has 2 N–H and O–H groups in total. The summed E-state index contributed by atoms with van der Waals surface area (Å²) in [6, 6.07) is -0.454. The molecule has 0 rings (SSSR count). The third kappa shape index (κ3) is 4.47. The van der Waals surface area contributed by atoms with Crippen LogP contribution in [0.25, 0.3) is 0 Å². The lowest BCUT2D eigenvalue weighted by Crippen LogP contribution is -2.41. The first kappa shape index (κ1) is 11.9. The molecule has 0 aliphatic heterocycles. The zero-order valence-electron chi connectivity index (χ0n) is 7.82. The van der Waals surface area contributed by atoms with Gasteiger partial charge in [0.15, 0.2) is 0 Å². The van der Waals surface area contributed by atoms with Gasteiger partial charge in [0.2, 0.25) is 6.41 Å². The predicted octanol–water partition coefficient (Wildman–Crippen LogP) is 0.000700. The molecule has 0 fully saturated rings. The van der Waals surface area contributed by atoms with E-state index in [4.69, 9.17) is 9.84 Å². The van der Waals surface area contributed by atoms with E-state index in [2.05, 4.69) is 5.32 Å². The van der Waals surface area contributed by atoms with Gasteiger partial charge >= 0.3 is 5.97 Å². The summed E-state index contributed by atoms with van der Waals surface area (Å²) in [6.07, 6.45) is 0.789. The van der Waals surface area contributed by atoms with E-state index in [1.807, 2.05) is 6.92 Å². The van der Waals surface area contributed by atoms with Gasteiger partial charge in [-0.05, 0) is 6.42 Å². The predicted molar refractivity (Wildman–Crippen MR) is 46.3 cm³/mol. The molecule has 13 heavy (non-hydrogen) atoms. The maximum Gasteiger partial charge on any atom is 0.305 e. The number of carbonyl (C=O) groups is 2. The largest absolute Gasteiger partial charge is 0.481 e. The van der Waals surface area contributed by atoms with Gasteiger partial charge in [-0.1, -0.05) is 6.92 Å². The Balaban J connectivity index is 4.18. The van der Waals surface area contributed by atoms with Crippen molar-refractivity contribution >= 4 is 12.4 Å². The molecule has 1 amide bonds. The van der Waals surface area contributed by atoms with E-state index in [-0.39, 0.29) is 12.5 Å². The normalized spacial score (nSPS) is 14.6. The minimum absolute atomic E-state index is 0.120. The summed E-state index contributed by atoms with van der Waals surface area (Å²) < 4.78 is 5.03. The van der Waals surface area contributed by atoms with Gasteiger partial charge in [0, 0.05) is 7.11 Å². The maximum atomic E-state index is 10.4. The van der Waals surface area contributed by atoms with Crippen LogP contribution >= 0.6 is 0 Å². The molecular weight excluding hydrogens is 174 g/mol. The second kappa shape index (κ2) is 6.42. The molecule has 0 saturated heterocycles. The quantitative estimate of drug-likeness (QED) is 0.553. The molecule has 0 aliphatic carbocycles. The number of ether oxygens (including phenoxy) is 1. The average Bonchev–Trinajstić information content (AvgIpc) is 2.05. The van der Waals surface area contributed by atoms with E-state index in [0.29, 0.717) is 12.8 Å². The zero-order valence-corrected chi connectivity index (χ0v) is 7.82. The van der Waals surface area contributed by atoms with Gasteiger partial charge in [-0.15, -0.1) is 0 Å². The van der Waals surface area contributed by atoms with E-state index < -0.39 is 12.0 Å². The number of carbonyl (C=O) groups excluding carboxylic acids is 1. The van der Waals surface area contributed by atoms with E-state index in [1.165, 1.54) is 7.11 Å². The van der Waals surface area contributed by atoms with Gasteiger partial charge in [0.05, 0.1) is 18.6 Å². The first-order valence-electron chi connectivity index (χ1n) is 4.10. The van der Waals surface area contributed by atoms with Gasteiger partial charge in [0.1, 0.15) is 0 Å². The molecule has 0 aliphatic rings. The Kier molecular flexibility index (Phi) is 5.88. The fourth-order valence-corrected chi connectivity index (χ4v) is 1.19. The molecule has 0 radical (unpaired) electrons. The SMILES string of the molecule is CCC(OC)C(CC(=O)O)NC=O. The molecule has 76 valence electrons. The van der Waals surface area contributed by atoms with Crippen molar-refractivity contribution in [3.05, 3.63) is 0 Å². The lowest BCUT2D eigenvalue weighted by molar-refractivity contribution is -0.138. The van der Waals surface area contributed by atoms with E-state index in [0.717, 1.165) is 0 Å².